The summed E-state index contributed by atoms with van der Waals surface area (Å²) in [6.07, 6.45) is -0.654. The van der Waals surface area contributed by atoms with E-state index in [0.717, 1.165) is 4.57 Å². The Labute approximate surface area is 186 Å². The third kappa shape index (κ3) is 3.06. The fourth-order valence-electron chi connectivity index (χ4n) is 4.59. The van der Waals surface area contributed by atoms with Gasteiger partial charge in [0, 0.05) is 38.3 Å². The lowest BCUT2D eigenvalue weighted by molar-refractivity contribution is -0.384. The SMILES string of the molecule is Cn1c(=O)c2c(-c3cccc([N+](=O)[O-])c3)n3c(c2n(C)c1=O)[C@@H](c1cccc(O)c1)OCC3. The second kappa shape index (κ2) is 7.45. The molecule has 0 unspecified atom stereocenters. The number of phenolic OH excluding ortho intramolecular Hbond substituents is 1. The molecule has 3 heterocycles. The van der Waals surface area contributed by atoms with Crippen molar-refractivity contribution in [1.29, 1.82) is 0 Å². The highest BCUT2D eigenvalue weighted by Gasteiger charge is 2.33. The molecule has 2 aromatic carbocycles. The molecule has 0 bridgehead atoms. The van der Waals surface area contributed by atoms with Crippen LogP contribution in [0.2, 0.25) is 0 Å². The van der Waals surface area contributed by atoms with Crippen LogP contribution in [0.1, 0.15) is 17.4 Å². The molecule has 5 rings (SSSR count). The third-order valence-corrected chi connectivity index (χ3v) is 6.06. The Bertz CT molecular complexity index is 1560. The number of nitro benzene ring substituents is 1. The number of benzene rings is 2. The molecular formula is C23H20N4O6. The number of hydrogen-bond acceptors (Lipinski definition) is 6. The van der Waals surface area contributed by atoms with E-state index in [1.165, 1.54) is 23.7 Å². The van der Waals surface area contributed by atoms with Gasteiger partial charge in [0.1, 0.15) is 11.9 Å². The molecular weight excluding hydrogens is 428 g/mol. The first-order valence-electron chi connectivity index (χ1n) is 10.3. The Hall–Kier alpha value is -4.18. The van der Waals surface area contributed by atoms with Crippen LogP contribution < -0.4 is 11.2 Å². The van der Waals surface area contributed by atoms with Crippen LogP contribution in [0.3, 0.4) is 0 Å². The Morgan fingerprint density at radius 1 is 1.09 bits per heavy atom. The summed E-state index contributed by atoms with van der Waals surface area (Å²) in [5.41, 5.74) is 1.54. The summed E-state index contributed by atoms with van der Waals surface area (Å²) in [4.78, 5) is 37.1. The number of aryl methyl sites for hydroxylation is 1. The van der Waals surface area contributed by atoms with Crippen LogP contribution >= 0.6 is 0 Å². The quantitative estimate of drug-likeness (QED) is 0.380. The van der Waals surface area contributed by atoms with E-state index in [-0.39, 0.29) is 16.8 Å². The Morgan fingerprint density at radius 2 is 1.85 bits per heavy atom. The summed E-state index contributed by atoms with van der Waals surface area (Å²) in [6.45, 7) is 0.694. The lowest BCUT2D eigenvalue weighted by Crippen LogP contribution is -2.37. The molecule has 168 valence electrons. The molecule has 1 N–H and O–H groups in total. The largest absolute Gasteiger partial charge is 0.508 e. The van der Waals surface area contributed by atoms with Crippen molar-refractivity contribution in [3.63, 3.8) is 0 Å². The van der Waals surface area contributed by atoms with Crippen molar-refractivity contribution in [2.45, 2.75) is 12.6 Å². The van der Waals surface area contributed by atoms with E-state index in [1.54, 1.807) is 43.4 Å². The molecule has 10 nitrogen and oxygen atoms in total. The number of nitrogens with zero attached hydrogens (tertiary/aromatic N) is 4. The van der Waals surface area contributed by atoms with Crippen LogP contribution in [0.4, 0.5) is 5.69 Å². The Morgan fingerprint density at radius 3 is 2.58 bits per heavy atom. The number of aromatic hydroxyl groups is 1. The Balaban J connectivity index is 1.94. The van der Waals surface area contributed by atoms with Gasteiger partial charge in [0.05, 0.1) is 33.8 Å². The van der Waals surface area contributed by atoms with Crippen LogP contribution in [-0.2, 0) is 25.4 Å². The molecule has 0 fully saturated rings. The lowest BCUT2D eigenvalue weighted by Gasteiger charge is -2.27. The summed E-state index contributed by atoms with van der Waals surface area (Å²) < 4.78 is 10.4. The molecule has 0 saturated carbocycles. The molecule has 1 aliphatic rings. The molecule has 33 heavy (non-hydrogen) atoms. The molecule has 0 saturated heterocycles. The number of phenols is 1. The Kier molecular flexibility index (Phi) is 4.68. The minimum atomic E-state index is -0.654. The minimum Gasteiger partial charge on any atom is -0.508 e. The zero-order valence-corrected chi connectivity index (χ0v) is 17.9. The predicted octanol–water partition coefficient (Wildman–Crippen LogP) is 2.44. The maximum atomic E-state index is 13.4. The second-order valence-corrected chi connectivity index (χ2v) is 7.97. The van der Waals surface area contributed by atoms with Crippen LogP contribution in [0.5, 0.6) is 5.75 Å². The van der Waals surface area contributed by atoms with Gasteiger partial charge in [-0.25, -0.2) is 4.79 Å². The van der Waals surface area contributed by atoms with E-state index in [4.69, 9.17) is 4.74 Å². The first-order valence-corrected chi connectivity index (χ1v) is 10.3. The minimum absolute atomic E-state index is 0.0628. The van der Waals surface area contributed by atoms with Crippen LogP contribution in [0, 0.1) is 10.1 Å². The average Bonchev–Trinajstić information content (AvgIpc) is 3.17. The van der Waals surface area contributed by atoms with Crippen molar-refractivity contribution in [2.75, 3.05) is 6.61 Å². The fraction of sp³-hybridized carbons (Fsp3) is 0.217. The van der Waals surface area contributed by atoms with Gasteiger partial charge in [-0.15, -0.1) is 0 Å². The summed E-state index contributed by atoms with van der Waals surface area (Å²) in [7, 11) is 2.98. The molecule has 0 spiro atoms. The number of fused-ring (bicyclic) bond motifs is 3. The second-order valence-electron chi connectivity index (χ2n) is 7.97. The first kappa shape index (κ1) is 20.7. The van der Waals surface area contributed by atoms with Crippen molar-refractivity contribution in [3.05, 3.63) is 90.7 Å². The topological polar surface area (TPSA) is 122 Å². The van der Waals surface area contributed by atoms with Gasteiger partial charge in [-0.1, -0.05) is 24.3 Å². The molecule has 10 heteroatoms. The maximum Gasteiger partial charge on any atom is 0.331 e. The highest BCUT2D eigenvalue weighted by molar-refractivity contribution is 5.96. The zero-order chi connectivity index (χ0) is 23.4. The first-order chi connectivity index (χ1) is 15.8. The van der Waals surface area contributed by atoms with E-state index in [1.807, 2.05) is 4.57 Å². The van der Waals surface area contributed by atoms with Crippen molar-refractivity contribution >= 4 is 16.6 Å². The van der Waals surface area contributed by atoms with E-state index in [2.05, 4.69) is 0 Å². The summed E-state index contributed by atoms with van der Waals surface area (Å²) in [6, 6.07) is 12.7. The smallest absolute Gasteiger partial charge is 0.331 e. The van der Waals surface area contributed by atoms with Crippen molar-refractivity contribution < 1.29 is 14.8 Å². The van der Waals surface area contributed by atoms with Gasteiger partial charge in [0.2, 0.25) is 0 Å². The van der Waals surface area contributed by atoms with Gasteiger partial charge in [-0.3, -0.25) is 24.0 Å². The predicted molar refractivity (Wildman–Crippen MR) is 120 cm³/mol. The zero-order valence-electron chi connectivity index (χ0n) is 17.9. The average molecular weight is 448 g/mol. The summed E-state index contributed by atoms with van der Waals surface area (Å²) >= 11 is 0. The van der Waals surface area contributed by atoms with Crippen molar-refractivity contribution in [2.24, 2.45) is 14.1 Å². The highest BCUT2D eigenvalue weighted by atomic mass is 16.6. The lowest BCUT2D eigenvalue weighted by atomic mass is 10.0. The van der Waals surface area contributed by atoms with Gasteiger partial charge < -0.3 is 14.4 Å². The maximum absolute atomic E-state index is 13.4. The molecule has 0 amide bonds. The normalized spacial score (nSPS) is 15.5. The fourth-order valence-corrected chi connectivity index (χ4v) is 4.59. The number of non-ortho nitro benzene ring substituents is 1. The number of ether oxygens (including phenoxy) is 1. The van der Waals surface area contributed by atoms with E-state index < -0.39 is 22.3 Å². The number of aromatic nitrogens is 3. The monoisotopic (exact) mass is 448 g/mol. The van der Waals surface area contributed by atoms with Gasteiger partial charge in [0.25, 0.3) is 11.2 Å². The number of nitro groups is 1. The highest BCUT2D eigenvalue weighted by Crippen LogP contribution is 2.41. The molecule has 0 radical (unpaired) electrons. The van der Waals surface area contributed by atoms with Crippen LogP contribution in [0.25, 0.3) is 22.2 Å². The van der Waals surface area contributed by atoms with Crippen molar-refractivity contribution in [1.82, 2.24) is 13.7 Å². The van der Waals surface area contributed by atoms with E-state index >= 15 is 0 Å². The van der Waals surface area contributed by atoms with E-state index in [9.17, 15) is 24.8 Å². The molecule has 0 aliphatic carbocycles. The van der Waals surface area contributed by atoms with E-state index in [0.29, 0.717) is 41.2 Å². The third-order valence-electron chi connectivity index (χ3n) is 6.06. The summed E-state index contributed by atoms with van der Waals surface area (Å²) in [5.74, 6) is 0.0628. The van der Waals surface area contributed by atoms with Gasteiger partial charge in [-0.2, -0.15) is 0 Å². The summed E-state index contributed by atoms with van der Waals surface area (Å²) in [5, 5.41) is 21.7. The van der Waals surface area contributed by atoms with Crippen molar-refractivity contribution in [3.8, 4) is 17.0 Å². The molecule has 1 atom stereocenters. The van der Waals surface area contributed by atoms with Gasteiger partial charge >= 0.3 is 5.69 Å². The molecule has 4 aromatic rings. The van der Waals surface area contributed by atoms with Crippen LogP contribution in [0.15, 0.2) is 58.1 Å². The number of hydrogen-bond donors (Lipinski definition) is 1. The van der Waals surface area contributed by atoms with Gasteiger partial charge in [-0.05, 0) is 17.7 Å². The number of rotatable bonds is 3. The standard InChI is InChI=1S/C23H20N4O6/c1-24-19-17(22(29)25(2)23(24)30)18(13-5-3-7-15(11-13)27(31)32)26-9-10-33-21(20(19)26)14-6-4-8-16(28)12-14/h3-8,11-12,21,28H,9-10H2,1-2H3/t21-/m1/s1. The van der Waals surface area contributed by atoms with Crippen LogP contribution in [-0.4, -0.2) is 30.3 Å². The molecule has 1 aliphatic heterocycles. The molecule has 2 aromatic heterocycles. The van der Waals surface area contributed by atoms with Gasteiger partial charge in [0.15, 0.2) is 0 Å².